The van der Waals surface area contributed by atoms with Crippen LogP contribution in [0.25, 0.3) is 0 Å². The second-order valence-corrected chi connectivity index (χ2v) is 8.29. The molecule has 3 aromatic rings. The fourth-order valence-electron chi connectivity index (χ4n) is 3.56. The van der Waals surface area contributed by atoms with Crippen LogP contribution < -0.4 is 10.7 Å². The van der Waals surface area contributed by atoms with Gasteiger partial charge in [-0.2, -0.15) is 0 Å². The third-order valence-corrected chi connectivity index (χ3v) is 6.34. The zero-order valence-corrected chi connectivity index (χ0v) is 17.7. The van der Waals surface area contributed by atoms with Crippen molar-refractivity contribution in [3.05, 3.63) is 71.3 Å². The van der Waals surface area contributed by atoms with Crippen molar-refractivity contribution >= 4 is 23.4 Å². The first-order chi connectivity index (χ1) is 14.6. The number of amides is 1. The second-order valence-electron chi connectivity index (χ2n) is 7.18. The van der Waals surface area contributed by atoms with Crippen molar-refractivity contribution < 1.29 is 9.18 Å². The Hall–Kier alpha value is -2.87. The van der Waals surface area contributed by atoms with Crippen LogP contribution in [0.3, 0.4) is 0 Å². The molecule has 30 heavy (non-hydrogen) atoms. The minimum absolute atomic E-state index is 0.131. The Morgan fingerprint density at radius 1 is 1.17 bits per heavy atom. The number of hydrogen-bond acceptors (Lipinski definition) is 5. The van der Waals surface area contributed by atoms with E-state index in [2.05, 4.69) is 34.8 Å². The summed E-state index contributed by atoms with van der Waals surface area (Å²) in [5.74, 6) is 0.382. The minimum atomic E-state index is -0.494. The zero-order valence-electron chi connectivity index (χ0n) is 16.9. The molecule has 1 amide bonds. The summed E-state index contributed by atoms with van der Waals surface area (Å²) >= 11 is 1.37. The van der Waals surface area contributed by atoms with Crippen LogP contribution in [0.2, 0.25) is 0 Å². The summed E-state index contributed by atoms with van der Waals surface area (Å²) in [6, 6.07) is 13.7. The molecule has 0 bridgehead atoms. The number of halogens is 1. The number of nitrogens with zero attached hydrogens (tertiary/aromatic N) is 3. The molecule has 6 nitrogen and oxygen atoms in total. The van der Waals surface area contributed by atoms with Crippen LogP contribution in [-0.4, -0.2) is 26.0 Å². The number of aromatic nitrogens is 3. The standard InChI is InChI=1S/C22H24FN5OS/c1-3-7-18-25-26-22-28(18)27-19(15-10-12-16(23)13-11-15)20(30-22)21(29)24-17-9-6-5-8-14(17)4-2/h5-6,8-13,19-20,27H,3-4,7H2,1-2H3,(H,24,29)/t19-,20-/m1/s1. The molecule has 0 radical (unpaired) electrons. The van der Waals surface area contributed by atoms with Gasteiger partial charge in [0.1, 0.15) is 11.1 Å². The summed E-state index contributed by atoms with van der Waals surface area (Å²) in [6.45, 7) is 4.14. The Labute approximate surface area is 179 Å². The lowest BCUT2D eigenvalue weighted by molar-refractivity contribution is -0.116. The molecule has 4 rings (SSSR count). The van der Waals surface area contributed by atoms with Gasteiger partial charge in [-0.1, -0.05) is 55.9 Å². The highest BCUT2D eigenvalue weighted by atomic mass is 32.2. The Morgan fingerprint density at radius 2 is 1.93 bits per heavy atom. The number of para-hydroxylation sites is 1. The molecule has 2 N–H and O–H groups in total. The molecule has 8 heteroatoms. The molecule has 0 saturated carbocycles. The summed E-state index contributed by atoms with van der Waals surface area (Å²) in [5.41, 5.74) is 6.11. The van der Waals surface area contributed by atoms with Gasteiger partial charge in [-0.05, 0) is 42.2 Å². The van der Waals surface area contributed by atoms with Crippen LogP contribution >= 0.6 is 11.8 Å². The maximum absolute atomic E-state index is 13.5. The van der Waals surface area contributed by atoms with Crippen LogP contribution in [0.15, 0.2) is 53.7 Å². The van der Waals surface area contributed by atoms with Gasteiger partial charge in [0.05, 0.1) is 6.04 Å². The molecule has 2 heterocycles. The van der Waals surface area contributed by atoms with Gasteiger partial charge in [0, 0.05) is 12.1 Å². The monoisotopic (exact) mass is 425 g/mol. The number of nitrogens with one attached hydrogen (secondary N) is 2. The molecule has 1 aliphatic rings. The lowest BCUT2D eigenvalue weighted by atomic mass is 10.0. The van der Waals surface area contributed by atoms with Crippen LogP contribution in [0.4, 0.5) is 10.1 Å². The van der Waals surface area contributed by atoms with Crippen molar-refractivity contribution in [2.24, 2.45) is 0 Å². The lowest BCUT2D eigenvalue weighted by Gasteiger charge is -2.33. The average molecular weight is 426 g/mol. The Bertz CT molecular complexity index is 1040. The normalized spacial score (nSPS) is 17.8. The summed E-state index contributed by atoms with van der Waals surface area (Å²) in [5, 5.41) is 11.8. The zero-order chi connectivity index (χ0) is 21.1. The van der Waals surface area contributed by atoms with Crippen molar-refractivity contribution in [2.75, 3.05) is 10.7 Å². The number of fused-ring (bicyclic) bond motifs is 1. The predicted octanol–water partition coefficient (Wildman–Crippen LogP) is 4.33. The van der Waals surface area contributed by atoms with Crippen molar-refractivity contribution in [1.29, 1.82) is 0 Å². The summed E-state index contributed by atoms with van der Waals surface area (Å²) < 4.78 is 15.4. The fraction of sp³-hybridized carbons (Fsp3) is 0.318. The van der Waals surface area contributed by atoms with Gasteiger partial charge in [-0.3, -0.25) is 4.79 Å². The van der Waals surface area contributed by atoms with Crippen LogP contribution in [-0.2, 0) is 17.6 Å². The van der Waals surface area contributed by atoms with Crippen molar-refractivity contribution in [3.8, 4) is 0 Å². The van der Waals surface area contributed by atoms with E-state index < -0.39 is 5.25 Å². The molecule has 0 fully saturated rings. The molecular weight excluding hydrogens is 401 g/mol. The number of thioether (sulfide) groups is 1. The Morgan fingerprint density at radius 3 is 2.67 bits per heavy atom. The van der Waals surface area contributed by atoms with E-state index >= 15 is 0 Å². The summed E-state index contributed by atoms with van der Waals surface area (Å²) in [7, 11) is 0. The first kappa shape index (κ1) is 20.4. The van der Waals surface area contributed by atoms with Crippen molar-refractivity contribution in [1.82, 2.24) is 14.9 Å². The van der Waals surface area contributed by atoms with E-state index in [1.54, 1.807) is 12.1 Å². The molecule has 2 atom stereocenters. The molecule has 2 aromatic carbocycles. The van der Waals surface area contributed by atoms with Crippen LogP contribution in [0, 0.1) is 5.82 Å². The quantitative estimate of drug-likeness (QED) is 0.615. The van der Waals surface area contributed by atoms with Gasteiger partial charge in [0.15, 0.2) is 5.82 Å². The Balaban J connectivity index is 1.67. The van der Waals surface area contributed by atoms with Gasteiger partial charge in [-0.15, -0.1) is 10.2 Å². The van der Waals surface area contributed by atoms with Gasteiger partial charge in [-0.25, -0.2) is 9.07 Å². The number of hydrogen-bond donors (Lipinski definition) is 2. The second kappa shape index (κ2) is 8.87. The lowest BCUT2D eigenvalue weighted by Crippen LogP contribution is -2.41. The highest BCUT2D eigenvalue weighted by Gasteiger charge is 2.37. The highest BCUT2D eigenvalue weighted by molar-refractivity contribution is 8.00. The van der Waals surface area contributed by atoms with E-state index in [1.165, 1.54) is 23.9 Å². The topological polar surface area (TPSA) is 71.8 Å². The van der Waals surface area contributed by atoms with E-state index in [1.807, 2.05) is 28.9 Å². The van der Waals surface area contributed by atoms with Crippen molar-refractivity contribution in [3.63, 3.8) is 0 Å². The first-order valence-electron chi connectivity index (χ1n) is 10.1. The number of anilines is 1. The fourth-order valence-corrected chi connectivity index (χ4v) is 4.66. The van der Waals surface area contributed by atoms with Gasteiger partial charge in [0.2, 0.25) is 11.1 Å². The minimum Gasteiger partial charge on any atom is -0.325 e. The van der Waals surface area contributed by atoms with Gasteiger partial charge >= 0.3 is 0 Å². The van der Waals surface area contributed by atoms with Crippen LogP contribution in [0.1, 0.15) is 43.3 Å². The summed E-state index contributed by atoms with van der Waals surface area (Å²) in [4.78, 5) is 13.3. The number of aryl methyl sites for hydroxylation is 2. The molecule has 0 aliphatic carbocycles. The molecule has 1 aliphatic heterocycles. The Kier molecular flexibility index (Phi) is 6.03. The van der Waals surface area contributed by atoms with Crippen molar-refractivity contribution in [2.45, 2.75) is 49.6 Å². The number of carbonyl (C=O) groups is 1. The third kappa shape index (κ3) is 4.05. The van der Waals surface area contributed by atoms with E-state index in [0.717, 1.165) is 41.9 Å². The highest BCUT2D eigenvalue weighted by Crippen LogP contribution is 2.38. The summed E-state index contributed by atoms with van der Waals surface area (Å²) in [6.07, 6.45) is 2.53. The average Bonchev–Trinajstić information content (AvgIpc) is 3.16. The molecule has 0 saturated heterocycles. The van der Waals surface area contributed by atoms with Gasteiger partial charge < -0.3 is 10.7 Å². The number of rotatable bonds is 6. The molecule has 156 valence electrons. The first-order valence-corrected chi connectivity index (χ1v) is 11.0. The molecule has 0 unspecified atom stereocenters. The number of benzene rings is 2. The van der Waals surface area contributed by atoms with E-state index in [4.69, 9.17) is 0 Å². The third-order valence-electron chi connectivity index (χ3n) is 5.12. The van der Waals surface area contributed by atoms with E-state index in [0.29, 0.717) is 5.16 Å². The van der Waals surface area contributed by atoms with Crippen LogP contribution in [0.5, 0.6) is 0 Å². The van der Waals surface area contributed by atoms with E-state index in [-0.39, 0.29) is 17.8 Å². The SMILES string of the molecule is CCCc1nnc2n1N[C@H](c1ccc(F)cc1)[C@H](C(=O)Nc1ccccc1CC)S2. The number of carbonyl (C=O) groups excluding carboxylic acids is 1. The maximum atomic E-state index is 13.5. The van der Waals surface area contributed by atoms with E-state index in [9.17, 15) is 9.18 Å². The van der Waals surface area contributed by atoms with Gasteiger partial charge in [0.25, 0.3) is 0 Å². The molecular formula is C22H24FN5OS. The molecule has 0 spiro atoms. The molecule has 1 aromatic heterocycles. The maximum Gasteiger partial charge on any atom is 0.240 e. The predicted molar refractivity (Wildman–Crippen MR) is 117 cm³/mol. The largest absolute Gasteiger partial charge is 0.325 e. The smallest absolute Gasteiger partial charge is 0.240 e.